The van der Waals surface area contributed by atoms with Gasteiger partial charge in [0.2, 0.25) is 0 Å². The highest BCUT2D eigenvalue weighted by atomic mass is 16.6. The highest BCUT2D eigenvalue weighted by Crippen LogP contribution is 2.15. The minimum atomic E-state index is -0.791. The second-order valence-electron chi connectivity index (χ2n) is 20.3. The lowest BCUT2D eigenvalue weighted by Gasteiger charge is -2.18. The lowest BCUT2D eigenvalue weighted by molar-refractivity contribution is -0.167. The molecule has 406 valence electrons. The highest BCUT2D eigenvalue weighted by Gasteiger charge is 2.19. The maximum absolute atomic E-state index is 12.9. The van der Waals surface area contributed by atoms with Crippen LogP contribution in [0.15, 0.2) is 60.8 Å². The Balaban J connectivity index is 4.43. The van der Waals surface area contributed by atoms with Crippen molar-refractivity contribution in [3.8, 4) is 0 Å². The highest BCUT2D eigenvalue weighted by molar-refractivity contribution is 5.71. The van der Waals surface area contributed by atoms with Gasteiger partial charge in [-0.1, -0.05) is 255 Å². The first kappa shape index (κ1) is 67.1. The van der Waals surface area contributed by atoms with Gasteiger partial charge in [-0.25, -0.2) is 0 Å². The average Bonchev–Trinajstić information content (AvgIpc) is 3.36. The van der Waals surface area contributed by atoms with Crippen LogP contribution in [0, 0.1) is 0 Å². The van der Waals surface area contributed by atoms with Crippen molar-refractivity contribution in [2.75, 3.05) is 13.2 Å². The van der Waals surface area contributed by atoms with Crippen molar-refractivity contribution in [3.05, 3.63) is 60.8 Å². The van der Waals surface area contributed by atoms with E-state index in [-0.39, 0.29) is 31.1 Å². The van der Waals surface area contributed by atoms with E-state index >= 15 is 0 Å². The molecule has 0 amide bonds. The number of carbonyl (C=O) groups is 3. The minimum Gasteiger partial charge on any atom is -0.462 e. The predicted molar refractivity (Wildman–Crippen MR) is 302 cm³/mol. The monoisotopic (exact) mass is 979 g/mol. The van der Waals surface area contributed by atoms with E-state index in [1.165, 1.54) is 173 Å². The Labute approximate surface area is 434 Å². The third-order valence-electron chi connectivity index (χ3n) is 13.3. The summed E-state index contributed by atoms with van der Waals surface area (Å²) in [5.74, 6) is -0.910. The van der Waals surface area contributed by atoms with E-state index < -0.39 is 6.10 Å². The van der Waals surface area contributed by atoms with Crippen LogP contribution in [-0.4, -0.2) is 37.2 Å². The van der Waals surface area contributed by atoms with Crippen molar-refractivity contribution in [2.45, 2.75) is 316 Å². The van der Waals surface area contributed by atoms with Gasteiger partial charge in [0.25, 0.3) is 0 Å². The van der Waals surface area contributed by atoms with E-state index in [9.17, 15) is 14.4 Å². The Morgan fingerprint density at radius 2 is 0.529 bits per heavy atom. The van der Waals surface area contributed by atoms with E-state index in [0.717, 1.165) is 96.3 Å². The molecule has 0 aromatic carbocycles. The lowest BCUT2D eigenvalue weighted by atomic mass is 10.1. The fourth-order valence-electron chi connectivity index (χ4n) is 8.67. The zero-order valence-electron chi connectivity index (χ0n) is 46.5. The first-order valence-corrected chi connectivity index (χ1v) is 30.3. The average molecular weight is 980 g/mol. The van der Waals surface area contributed by atoms with Crippen LogP contribution in [0.3, 0.4) is 0 Å². The molecule has 0 aliphatic rings. The summed E-state index contributed by atoms with van der Waals surface area (Å²) in [5.41, 5.74) is 0. The Morgan fingerprint density at radius 1 is 0.286 bits per heavy atom. The van der Waals surface area contributed by atoms with Crippen LogP contribution in [0.25, 0.3) is 0 Å². The number of unbranched alkanes of at least 4 members (excludes halogenated alkanes) is 36. The number of ether oxygens (including phenoxy) is 3. The van der Waals surface area contributed by atoms with Crippen LogP contribution in [0.5, 0.6) is 0 Å². The van der Waals surface area contributed by atoms with Crippen molar-refractivity contribution in [1.29, 1.82) is 0 Å². The summed E-state index contributed by atoms with van der Waals surface area (Å²) in [4.78, 5) is 38.2. The van der Waals surface area contributed by atoms with Gasteiger partial charge in [0.15, 0.2) is 6.10 Å². The van der Waals surface area contributed by atoms with Gasteiger partial charge in [-0.2, -0.15) is 0 Å². The van der Waals surface area contributed by atoms with Crippen molar-refractivity contribution in [2.24, 2.45) is 0 Å². The van der Waals surface area contributed by atoms with Crippen molar-refractivity contribution in [3.63, 3.8) is 0 Å². The molecule has 0 N–H and O–H groups in total. The number of esters is 3. The van der Waals surface area contributed by atoms with Gasteiger partial charge in [-0.05, 0) is 96.3 Å². The van der Waals surface area contributed by atoms with E-state index in [0.29, 0.717) is 19.3 Å². The number of rotatable bonds is 55. The fourth-order valence-corrected chi connectivity index (χ4v) is 8.67. The van der Waals surface area contributed by atoms with Crippen molar-refractivity contribution < 1.29 is 28.6 Å². The smallest absolute Gasteiger partial charge is 0.306 e. The summed E-state index contributed by atoms with van der Waals surface area (Å²) in [7, 11) is 0. The maximum Gasteiger partial charge on any atom is 0.306 e. The number of hydrogen-bond acceptors (Lipinski definition) is 6. The second-order valence-corrected chi connectivity index (χ2v) is 20.3. The Bertz CT molecular complexity index is 1260. The second kappa shape index (κ2) is 58.7. The number of hydrogen-bond donors (Lipinski definition) is 0. The maximum atomic E-state index is 12.9. The lowest BCUT2D eigenvalue weighted by Crippen LogP contribution is -2.30. The first-order valence-electron chi connectivity index (χ1n) is 30.3. The molecule has 6 heteroatoms. The molecular weight excluding hydrogens is 865 g/mol. The SMILES string of the molecule is CCCCCCC\C=C/C=C\C=C/CCCCCCCC(=O)OCC(COC(=O)CCCCCCC/C=C\CCCCCCCCC)OC(=O)CCCCCCC/C=C\CCCCCCCCCCC. The van der Waals surface area contributed by atoms with E-state index in [1.807, 2.05) is 0 Å². The zero-order valence-corrected chi connectivity index (χ0v) is 46.5. The van der Waals surface area contributed by atoms with E-state index in [1.54, 1.807) is 0 Å². The minimum absolute atomic E-state index is 0.0875. The molecule has 0 heterocycles. The molecule has 0 saturated heterocycles. The van der Waals surface area contributed by atoms with Crippen LogP contribution < -0.4 is 0 Å². The molecular formula is C64H114O6. The van der Waals surface area contributed by atoms with Crippen LogP contribution in [0.1, 0.15) is 310 Å². The molecule has 0 spiro atoms. The van der Waals surface area contributed by atoms with Crippen LogP contribution in [0.2, 0.25) is 0 Å². The van der Waals surface area contributed by atoms with Gasteiger partial charge in [0.1, 0.15) is 13.2 Å². The summed E-state index contributed by atoms with van der Waals surface area (Å²) >= 11 is 0. The molecule has 0 bridgehead atoms. The third-order valence-corrected chi connectivity index (χ3v) is 13.3. The molecule has 0 radical (unpaired) electrons. The zero-order chi connectivity index (χ0) is 50.7. The third kappa shape index (κ3) is 56.0. The Hall–Kier alpha value is -2.89. The Morgan fingerprint density at radius 3 is 0.829 bits per heavy atom. The molecule has 0 fully saturated rings. The summed E-state index contributed by atoms with van der Waals surface area (Å²) in [6.07, 6.45) is 73.5. The fraction of sp³-hybridized carbons (Fsp3) is 0.797. The molecule has 0 rings (SSSR count). The summed E-state index contributed by atoms with van der Waals surface area (Å²) in [6, 6.07) is 0. The summed E-state index contributed by atoms with van der Waals surface area (Å²) in [6.45, 7) is 6.62. The van der Waals surface area contributed by atoms with Gasteiger partial charge in [-0.3, -0.25) is 14.4 Å². The van der Waals surface area contributed by atoms with Crippen LogP contribution >= 0.6 is 0 Å². The molecule has 1 unspecified atom stereocenters. The molecule has 6 nitrogen and oxygen atoms in total. The van der Waals surface area contributed by atoms with Gasteiger partial charge < -0.3 is 14.2 Å². The van der Waals surface area contributed by atoms with Gasteiger partial charge in [-0.15, -0.1) is 0 Å². The topological polar surface area (TPSA) is 78.9 Å². The predicted octanol–water partition coefficient (Wildman–Crippen LogP) is 20.4. The molecule has 0 aromatic heterocycles. The summed E-state index contributed by atoms with van der Waals surface area (Å²) in [5, 5.41) is 0. The normalized spacial score (nSPS) is 12.4. The van der Waals surface area contributed by atoms with Gasteiger partial charge in [0, 0.05) is 19.3 Å². The van der Waals surface area contributed by atoms with Crippen molar-refractivity contribution >= 4 is 17.9 Å². The van der Waals surface area contributed by atoms with Gasteiger partial charge >= 0.3 is 17.9 Å². The molecule has 1 atom stereocenters. The first-order chi connectivity index (χ1) is 34.5. The Kier molecular flexibility index (Phi) is 56.3. The molecule has 0 saturated carbocycles. The van der Waals surface area contributed by atoms with E-state index in [4.69, 9.17) is 14.2 Å². The largest absolute Gasteiger partial charge is 0.462 e. The quantitative estimate of drug-likeness (QED) is 0.0199. The molecule has 70 heavy (non-hydrogen) atoms. The molecule has 0 aromatic rings. The van der Waals surface area contributed by atoms with Crippen LogP contribution in [0.4, 0.5) is 0 Å². The molecule has 0 aliphatic carbocycles. The number of allylic oxidation sites excluding steroid dienone is 10. The molecule has 0 aliphatic heterocycles. The van der Waals surface area contributed by atoms with E-state index in [2.05, 4.69) is 81.5 Å². The van der Waals surface area contributed by atoms with Gasteiger partial charge in [0.05, 0.1) is 0 Å². The summed E-state index contributed by atoms with van der Waals surface area (Å²) < 4.78 is 16.9. The standard InChI is InChI=1S/C64H114O6/c1-4-7-10-13-16-19-22-25-28-31-33-36-39-42-45-48-51-54-57-63(66)69-60-61(59-68-62(65)56-53-50-47-44-41-38-35-30-27-24-21-18-15-12-9-6-3)70-64(67)58-55-52-49-46-43-40-37-34-32-29-26-23-20-17-14-11-8-5-2/h22,25,28,30-31,33-37,61H,4-21,23-24,26-27,29,32,38-60H2,1-3H3/b25-22-,31-28-,35-30-,36-33-,37-34-. The number of carbonyl (C=O) groups excluding carboxylic acids is 3. The van der Waals surface area contributed by atoms with Crippen molar-refractivity contribution in [1.82, 2.24) is 0 Å². The van der Waals surface area contributed by atoms with Crippen LogP contribution in [-0.2, 0) is 28.6 Å².